The first kappa shape index (κ1) is 20.4. The largest absolute Gasteiger partial charge is 0.493 e. The molecule has 2 rings (SSSR count). The van der Waals surface area contributed by atoms with Gasteiger partial charge in [-0.15, -0.1) is 0 Å². The Bertz CT molecular complexity index is 898. The molecule has 0 saturated carbocycles. The molecular formula is C19H17BrFNO5. The molecule has 0 aromatic heterocycles. The lowest BCUT2D eigenvalue weighted by atomic mass is 10.1. The number of aliphatic carboxylic acids is 1. The molecule has 0 unspecified atom stereocenters. The van der Waals surface area contributed by atoms with Gasteiger partial charge in [0.25, 0.3) is 0 Å². The summed E-state index contributed by atoms with van der Waals surface area (Å²) < 4.78 is 25.2. The molecule has 0 aliphatic rings. The number of rotatable bonds is 7. The van der Waals surface area contributed by atoms with E-state index in [0.717, 1.165) is 0 Å². The second-order valence-corrected chi connectivity index (χ2v) is 6.31. The summed E-state index contributed by atoms with van der Waals surface area (Å²) in [5, 5.41) is 11.4. The van der Waals surface area contributed by atoms with E-state index >= 15 is 0 Å². The fraction of sp³-hybridized carbons (Fsp3) is 0.158. The van der Waals surface area contributed by atoms with Crippen molar-refractivity contribution in [3.8, 4) is 11.5 Å². The van der Waals surface area contributed by atoms with Crippen LogP contribution in [0.2, 0.25) is 0 Å². The van der Waals surface area contributed by atoms with Crippen molar-refractivity contribution in [1.29, 1.82) is 0 Å². The van der Waals surface area contributed by atoms with Crippen molar-refractivity contribution in [3.05, 3.63) is 63.5 Å². The Morgan fingerprint density at radius 2 is 2.00 bits per heavy atom. The molecule has 0 spiro atoms. The van der Waals surface area contributed by atoms with Crippen molar-refractivity contribution < 1.29 is 28.6 Å². The Hall–Kier alpha value is -2.87. The molecule has 142 valence electrons. The van der Waals surface area contributed by atoms with Gasteiger partial charge in [-0.2, -0.15) is 0 Å². The Kier molecular flexibility index (Phi) is 6.95. The van der Waals surface area contributed by atoms with Gasteiger partial charge in [-0.05, 0) is 45.8 Å². The Morgan fingerprint density at radius 3 is 2.59 bits per heavy atom. The van der Waals surface area contributed by atoms with Gasteiger partial charge in [0, 0.05) is 12.5 Å². The standard InChI is InChI=1S/C19H17BrFNO5/c1-11(23)22-16(19(24)25)8-12-7-14(20)18(17(9-12)26-2)27-10-13-5-3-4-6-15(13)21/h3-9H,10H2,1-2H3,(H,22,23)(H,24,25). The number of carboxylic acid groups (broad SMARTS) is 1. The highest BCUT2D eigenvalue weighted by atomic mass is 79.9. The lowest BCUT2D eigenvalue weighted by molar-refractivity contribution is -0.134. The van der Waals surface area contributed by atoms with Gasteiger partial charge < -0.3 is 19.9 Å². The van der Waals surface area contributed by atoms with Crippen LogP contribution in [0.25, 0.3) is 6.08 Å². The summed E-state index contributed by atoms with van der Waals surface area (Å²) in [5.74, 6) is -1.50. The molecule has 8 heteroatoms. The number of hydrogen-bond donors (Lipinski definition) is 2. The van der Waals surface area contributed by atoms with Crippen LogP contribution in [0.4, 0.5) is 4.39 Å². The Balaban J connectivity index is 2.32. The van der Waals surface area contributed by atoms with Crippen LogP contribution < -0.4 is 14.8 Å². The zero-order valence-corrected chi connectivity index (χ0v) is 16.2. The van der Waals surface area contributed by atoms with Crippen molar-refractivity contribution in [1.82, 2.24) is 5.32 Å². The van der Waals surface area contributed by atoms with Gasteiger partial charge >= 0.3 is 5.97 Å². The van der Waals surface area contributed by atoms with E-state index in [4.69, 9.17) is 9.47 Å². The average Bonchev–Trinajstić information content (AvgIpc) is 2.60. The highest BCUT2D eigenvalue weighted by Gasteiger charge is 2.15. The minimum atomic E-state index is -1.28. The lowest BCUT2D eigenvalue weighted by Gasteiger charge is -2.14. The molecule has 0 fully saturated rings. The van der Waals surface area contributed by atoms with Gasteiger partial charge in [-0.1, -0.05) is 18.2 Å². The third kappa shape index (κ3) is 5.55. The topological polar surface area (TPSA) is 84.9 Å². The fourth-order valence-corrected chi connectivity index (χ4v) is 2.81. The summed E-state index contributed by atoms with van der Waals surface area (Å²) in [6.07, 6.45) is 1.29. The molecule has 0 radical (unpaired) electrons. The van der Waals surface area contributed by atoms with Gasteiger partial charge in [0.15, 0.2) is 11.5 Å². The maximum absolute atomic E-state index is 13.7. The molecule has 0 heterocycles. The summed E-state index contributed by atoms with van der Waals surface area (Å²) in [5.41, 5.74) is 0.564. The van der Waals surface area contributed by atoms with E-state index in [1.54, 1.807) is 30.3 Å². The normalized spacial score (nSPS) is 11.0. The number of carbonyl (C=O) groups is 2. The summed E-state index contributed by atoms with van der Waals surface area (Å²) in [4.78, 5) is 22.4. The molecule has 2 N–H and O–H groups in total. The molecule has 0 bridgehead atoms. The number of hydrogen-bond acceptors (Lipinski definition) is 4. The monoisotopic (exact) mass is 437 g/mol. The van der Waals surface area contributed by atoms with Crippen molar-refractivity contribution >= 4 is 33.9 Å². The molecule has 0 aliphatic heterocycles. The van der Waals surface area contributed by atoms with Gasteiger partial charge in [-0.3, -0.25) is 4.79 Å². The maximum Gasteiger partial charge on any atom is 0.352 e. The number of halogens is 2. The first-order valence-electron chi connectivity index (χ1n) is 7.78. The summed E-state index contributed by atoms with van der Waals surface area (Å²) in [7, 11) is 1.43. The van der Waals surface area contributed by atoms with E-state index in [9.17, 15) is 19.1 Å². The quantitative estimate of drug-likeness (QED) is 0.644. The Labute approximate surface area is 163 Å². The molecule has 2 aromatic rings. The molecule has 0 aliphatic carbocycles. The van der Waals surface area contributed by atoms with E-state index < -0.39 is 11.9 Å². The zero-order chi connectivity index (χ0) is 20.0. The van der Waals surface area contributed by atoms with E-state index in [1.165, 1.54) is 26.2 Å². The molecule has 2 aromatic carbocycles. The van der Waals surface area contributed by atoms with Crippen molar-refractivity contribution in [2.45, 2.75) is 13.5 Å². The second-order valence-electron chi connectivity index (χ2n) is 5.46. The molecule has 0 saturated heterocycles. The number of benzene rings is 2. The highest BCUT2D eigenvalue weighted by molar-refractivity contribution is 9.10. The van der Waals surface area contributed by atoms with Crippen LogP contribution in [0.3, 0.4) is 0 Å². The zero-order valence-electron chi connectivity index (χ0n) is 14.6. The number of amides is 1. The number of nitrogens with one attached hydrogen (secondary N) is 1. The van der Waals surface area contributed by atoms with Crippen LogP contribution in [-0.2, 0) is 16.2 Å². The Morgan fingerprint density at radius 1 is 1.30 bits per heavy atom. The van der Waals surface area contributed by atoms with Gasteiger partial charge in [0.2, 0.25) is 5.91 Å². The minimum Gasteiger partial charge on any atom is -0.493 e. The molecular weight excluding hydrogens is 421 g/mol. The van der Waals surface area contributed by atoms with Gasteiger partial charge in [0.1, 0.15) is 18.1 Å². The van der Waals surface area contributed by atoms with Crippen LogP contribution in [0.5, 0.6) is 11.5 Å². The van der Waals surface area contributed by atoms with Gasteiger partial charge in [-0.25, -0.2) is 9.18 Å². The van der Waals surface area contributed by atoms with Crippen LogP contribution in [-0.4, -0.2) is 24.1 Å². The first-order chi connectivity index (χ1) is 12.8. The predicted molar refractivity (Wildman–Crippen MR) is 101 cm³/mol. The van der Waals surface area contributed by atoms with E-state index in [0.29, 0.717) is 27.1 Å². The fourth-order valence-electron chi connectivity index (χ4n) is 2.24. The average molecular weight is 438 g/mol. The number of carboxylic acids is 1. The van der Waals surface area contributed by atoms with Crippen LogP contribution in [0, 0.1) is 5.82 Å². The number of ether oxygens (including phenoxy) is 2. The third-order valence-corrected chi connectivity index (χ3v) is 4.02. The van der Waals surface area contributed by atoms with Crippen molar-refractivity contribution in [2.75, 3.05) is 7.11 Å². The van der Waals surface area contributed by atoms with E-state index in [2.05, 4.69) is 21.2 Å². The molecule has 0 atom stereocenters. The summed E-state index contributed by atoms with van der Waals surface area (Å²) in [6.45, 7) is 1.20. The van der Waals surface area contributed by atoms with Gasteiger partial charge in [0.05, 0.1) is 11.6 Å². The van der Waals surface area contributed by atoms with E-state index in [1.807, 2.05) is 0 Å². The maximum atomic E-state index is 13.7. The predicted octanol–water partition coefficient (Wildman–Crippen LogP) is 3.74. The number of carbonyl (C=O) groups excluding carboxylic acids is 1. The highest BCUT2D eigenvalue weighted by Crippen LogP contribution is 2.37. The van der Waals surface area contributed by atoms with Crippen molar-refractivity contribution in [2.24, 2.45) is 0 Å². The van der Waals surface area contributed by atoms with E-state index in [-0.39, 0.29) is 18.1 Å². The summed E-state index contributed by atoms with van der Waals surface area (Å²) in [6, 6.07) is 9.40. The SMILES string of the molecule is COc1cc(C=C(NC(C)=O)C(=O)O)cc(Br)c1OCc1ccccc1F. The van der Waals surface area contributed by atoms with Crippen molar-refractivity contribution in [3.63, 3.8) is 0 Å². The smallest absolute Gasteiger partial charge is 0.352 e. The first-order valence-corrected chi connectivity index (χ1v) is 8.57. The van der Waals surface area contributed by atoms with Crippen LogP contribution in [0.1, 0.15) is 18.1 Å². The molecule has 6 nitrogen and oxygen atoms in total. The number of methoxy groups -OCH3 is 1. The molecule has 27 heavy (non-hydrogen) atoms. The third-order valence-electron chi connectivity index (χ3n) is 3.43. The van der Waals surface area contributed by atoms with Crippen LogP contribution >= 0.6 is 15.9 Å². The molecule has 1 amide bonds. The minimum absolute atomic E-state index is 0.0108. The van der Waals surface area contributed by atoms with Crippen LogP contribution in [0.15, 0.2) is 46.6 Å². The second kappa shape index (κ2) is 9.18. The summed E-state index contributed by atoms with van der Waals surface area (Å²) >= 11 is 3.35. The lowest BCUT2D eigenvalue weighted by Crippen LogP contribution is -2.24.